The van der Waals surface area contributed by atoms with Crippen LogP contribution in [0.1, 0.15) is 41.5 Å². The number of carbonyl (C=O) groups excluding carboxylic acids is 2. The van der Waals surface area contributed by atoms with Crippen LogP contribution in [0.25, 0.3) is 0 Å². The van der Waals surface area contributed by atoms with Crippen LogP contribution in [0.4, 0.5) is 0 Å². The first-order valence-electron chi connectivity index (χ1n) is 7.69. The third kappa shape index (κ3) is 7.17. The lowest BCUT2D eigenvalue weighted by Gasteiger charge is -2.32. The van der Waals surface area contributed by atoms with Crippen molar-refractivity contribution in [3.8, 4) is 5.75 Å². The van der Waals surface area contributed by atoms with E-state index < -0.39 is 23.0 Å². The maximum atomic E-state index is 12.3. The van der Waals surface area contributed by atoms with Gasteiger partial charge in [-0.2, -0.15) is 0 Å². The molecule has 0 saturated carbocycles. The van der Waals surface area contributed by atoms with Gasteiger partial charge in [-0.15, -0.1) is 0 Å². The number of hydrogen-bond acceptors (Lipinski definition) is 4. The maximum Gasteiger partial charge on any atom is 0.329 e. The second kappa shape index (κ2) is 7.49. The third-order valence-corrected chi connectivity index (χ3v) is 2.93. The van der Waals surface area contributed by atoms with Crippen LogP contribution >= 0.6 is 0 Å². The quantitative estimate of drug-likeness (QED) is 0.847. The summed E-state index contributed by atoms with van der Waals surface area (Å²) >= 11 is 0. The zero-order valence-electron chi connectivity index (χ0n) is 14.8. The standard InChI is InChI=1S/C18H27NO4/c1-17(2,3)15(16(21)23-18(4,5)6)19-14(20)12-22-13-10-8-7-9-11-13/h7-11,15H,12H2,1-6H3,(H,19,20)/t15-/m1/s1. The van der Waals surface area contributed by atoms with Gasteiger partial charge in [0.2, 0.25) is 0 Å². The van der Waals surface area contributed by atoms with Crippen LogP contribution in [0.3, 0.4) is 0 Å². The van der Waals surface area contributed by atoms with Crippen molar-refractivity contribution in [1.29, 1.82) is 0 Å². The van der Waals surface area contributed by atoms with Crippen LogP contribution in [0.5, 0.6) is 5.75 Å². The predicted octanol–water partition coefficient (Wildman–Crippen LogP) is 2.94. The van der Waals surface area contributed by atoms with E-state index in [-0.39, 0.29) is 12.5 Å². The van der Waals surface area contributed by atoms with E-state index in [0.717, 1.165) is 0 Å². The number of ether oxygens (including phenoxy) is 2. The highest BCUT2D eigenvalue weighted by atomic mass is 16.6. The molecule has 1 aromatic carbocycles. The van der Waals surface area contributed by atoms with Crippen LogP contribution in [0.2, 0.25) is 0 Å². The molecule has 0 spiro atoms. The predicted molar refractivity (Wildman–Crippen MR) is 89.2 cm³/mol. The van der Waals surface area contributed by atoms with Crippen molar-refractivity contribution >= 4 is 11.9 Å². The Morgan fingerprint density at radius 3 is 2.09 bits per heavy atom. The van der Waals surface area contributed by atoms with Crippen LogP contribution in [0.15, 0.2) is 30.3 Å². The molecule has 5 heteroatoms. The molecule has 0 aliphatic heterocycles. The van der Waals surface area contributed by atoms with E-state index in [9.17, 15) is 9.59 Å². The lowest BCUT2D eigenvalue weighted by molar-refractivity contribution is -0.162. The van der Waals surface area contributed by atoms with Crippen molar-refractivity contribution in [3.63, 3.8) is 0 Å². The van der Waals surface area contributed by atoms with E-state index in [0.29, 0.717) is 5.75 Å². The molecule has 23 heavy (non-hydrogen) atoms. The average Bonchev–Trinajstić information content (AvgIpc) is 2.40. The Morgan fingerprint density at radius 1 is 1.04 bits per heavy atom. The van der Waals surface area contributed by atoms with Crippen LogP contribution in [-0.2, 0) is 14.3 Å². The van der Waals surface area contributed by atoms with Gasteiger partial charge in [0.1, 0.15) is 17.4 Å². The SMILES string of the molecule is CC(C)(C)OC(=O)[C@@H](NC(=O)COc1ccccc1)C(C)(C)C. The summed E-state index contributed by atoms with van der Waals surface area (Å²) in [7, 11) is 0. The molecule has 0 unspecified atom stereocenters. The molecule has 1 N–H and O–H groups in total. The Labute approximate surface area is 138 Å². The lowest BCUT2D eigenvalue weighted by atomic mass is 9.86. The van der Waals surface area contributed by atoms with Crippen molar-refractivity contribution in [3.05, 3.63) is 30.3 Å². The highest BCUT2D eigenvalue weighted by Crippen LogP contribution is 2.22. The number of carbonyl (C=O) groups is 2. The molecule has 0 aliphatic rings. The molecule has 1 amide bonds. The minimum absolute atomic E-state index is 0.153. The van der Waals surface area contributed by atoms with Gasteiger partial charge in [0.05, 0.1) is 0 Å². The number of rotatable bonds is 5. The Balaban J connectivity index is 2.66. The van der Waals surface area contributed by atoms with Crippen molar-refractivity contribution in [2.75, 3.05) is 6.61 Å². The molecular formula is C18H27NO4. The monoisotopic (exact) mass is 321 g/mol. The summed E-state index contributed by atoms with van der Waals surface area (Å²) in [6.07, 6.45) is 0. The zero-order valence-corrected chi connectivity index (χ0v) is 14.8. The maximum absolute atomic E-state index is 12.3. The summed E-state index contributed by atoms with van der Waals surface area (Å²) in [6.45, 7) is 10.9. The lowest BCUT2D eigenvalue weighted by Crippen LogP contribution is -2.52. The van der Waals surface area contributed by atoms with E-state index in [2.05, 4.69) is 5.32 Å². The van der Waals surface area contributed by atoms with Gasteiger partial charge in [0, 0.05) is 0 Å². The number of benzene rings is 1. The largest absolute Gasteiger partial charge is 0.484 e. The van der Waals surface area contributed by atoms with E-state index in [1.165, 1.54) is 0 Å². The molecule has 0 fully saturated rings. The van der Waals surface area contributed by atoms with Gasteiger partial charge >= 0.3 is 5.97 Å². The number of hydrogen-bond donors (Lipinski definition) is 1. The topological polar surface area (TPSA) is 64.6 Å². The average molecular weight is 321 g/mol. The van der Waals surface area contributed by atoms with Crippen molar-refractivity contribution in [2.24, 2.45) is 5.41 Å². The van der Waals surface area contributed by atoms with E-state index in [1.54, 1.807) is 32.9 Å². The summed E-state index contributed by atoms with van der Waals surface area (Å²) in [5.41, 5.74) is -1.07. The number of nitrogens with one attached hydrogen (secondary N) is 1. The summed E-state index contributed by atoms with van der Waals surface area (Å²) in [5, 5.41) is 2.71. The minimum atomic E-state index is -0.742. The molecule has 0 heterocycles. The molecule has 0 aliphatic carbocycles. The Kier molecular flexibility index (Phi) is 6.19. The fraction of sp³-hybridized carbons (Fsp3) is 0.556. The van der Waals surface area contributed by atoms with Gasteiger partial charge < -0.3 is 14.8 Å². The number of amides is 1. The van der Waals surface area contributed by atoms with E-state index in [4.69, 9.17) is 9.47 Å². The smallest absolute Gasteiger partial charge is 0.329 e. The molecular weight excluding hydrogens is 294 g/mol. The molecule has 1 aromatic rings. The van der Waals surface area contributed by atoms with Crippen molar-refractivity contribution in [1.82, 2.24) is 5.32 Å². The normalized spacial score (nSPS) is 13.1. The van der Waals surface area contributed by atoms with Gasteiger partial charge in [-0.1, -0.05) is 39.0 Å². The highest BCUT2D eigenvalue weighted by molar-refractivity contribution is 5.86. The molecule has 5 nitrogen and oxygen atoms in total. The van der Waals surface area contributed by atoms with Crippen LogP contribution in [0, 0.1) is 5.41 Å². The van der Waals surface area contributed by atoms with Gasteiger partial charge in [0.25, 0.3) is 5.91 Å². The first kappa shape index (κ1) is 19.0. The Morgan fingerprint density at radius 2 is 1.61 bits per heavy atom. The summed E-state index contributed by atoms with van der Waals surface area (Å²) in [4.78, 5) is 24.4. The number of esters is 1. The molecule has 1 atom stereocenters. The van der Waals surface area contributed by atoms with Gasteiger partial charge in [-0.25, -0.2) is 4.79 Å². The fourth-order valence-electron chi connectivity index (χ4n) is 1.86. The molecule has 0 saturated heterocycles. The van der Waals surface area contributed by atoms with Crippen LogP contribution < -0.4 is 10.1 Å². The molecule has 0 radical (unpaired) electrons. The van der Waals surface area contributed by atoms with Crippen molar-refractivity contribution in [2.45, 2.75) is 53.2 Å². The van der Waals surface area contributed by atoms with E-state index in [1.807, 2.05) is 39.0 Å². The Hall–Kier alpha value is -2.04. The second-order valence-corrected chi connectivity index (χ2v) is 7.50. The molecule has 128 valence electrons. The Bertz CT molecular complexity index is 526. The summed E-state index contributed by atoms with van der Waals surface area (Å²) < 4.78 is 10.8. The van der Waals surface area contributed by atoms with Gasteiger partial charge in [0.15, 0.2) is 6.61 Å². The first-order valence-corrected chi connectivity index (χ1v) is 7.69. The molecule has 0 aromatic heterocycles. The van der Waals surface area contributed by atoms with Crippen molar-refractivity contribution < 1.29 is 19.1 Å². The van der Waals surface area contributed by atoms with Gasteiger partial charge in [-0.05, 0) is 38.3 Å². The molecule has 0 bridgehead atoms. The third-order valence-electron chi connectivity index (χ3n) is 2.93. The summed E-state index contributed by atoms with van der Waals surface area (Å²) in [5.74, 6) is -0.204. The minimum Gasteiger partial charge on any atom is -0.484 e. The highest BCUT2D eigenvalue weighted by Gasteiger charge is 2.36. The first-order chi connectivity index (χ1) is 10.5. The zero-order chi connectivity index (χ0) is 17.7. The summed E-state index contributed by atoms with van der Waals surface area (Å²) in [6, 6.07) is 8.31. The number of para-hydroxylation sites is 1. The van der Waals surface area contributed by atoms with Crippen LogP contribution in [-0.4, -0.2) is 30.1 Å². The van der Waals surface area contributed by atoms with Gasteiger partial charge in [-0.3, -0.25) is 4.79 Å². The molecule has 1 rings (SSSR count). The second-order valence-electron chi connectivity index (χ2n) is 7.50. The fourth-order valence-corrected chi connectivity index (χ4v) is 1.86. The van der Waals surface area contributed by atoms with E-state index >= 15 is 0 Å².